The Hall–Kier alpha value is -1.14. The maximum atomic E-state index is 12.0. The standard InChI is InChI=1S/C14H16BrNO3S/c1-16(13-8-9-20(18,19)10-13)14(17)7-4-11-2-5-12(15)6-3-11/h2-7,13H,8-10H2,1H3/b7-4+. The molecule has 1 heterocycles. The number of hydrogen-bond donors (Lipinski definition) is 0. The van der Waals surface area contributed by atoms with Crippen molar-refractivity contribution in [3.05, 3.63) is 40.4 Å². The van der Waals surface area contributed by atoms with Crippen molar-refractivity contribution in [3.8, 4) is 0 Å². The molecular weight excluding hydrogens is 342 g/mol. The zero-order chi connectivity index (χ0) is 14.8. The van der Waals surface area contributed by atoms with Gasteiger partial charge >= 0.3 is 0 Å². The molecule has 1 atom stereocenters. The summed E-state index contributed by atoms with van der Waals surface area (Å²) in [7, 11) is -1.32. The second-order valence-electron chi connectivity index (χ2n) is 4.89. The van der Waals surface area contributed by atoms with Crippen LogP contribution in [0.2, 0.25) is 0 Å². The summed E-state index contributed by atoms with van der Waals surface area (Å²) in [4.78, 5) is 13.5. The van der Waals surface area contributed by atoms with Crippen LogP contribution in [0.25, 0.3) is 6.08 Å². The maximum Gasteiger partial charge on any atom is 0.246 e. The first-order valence-corrected chi connectivity index (χ1v) is 8.90. The third-order valence-corrected chi connectivity index (χ3v) is 5.67. The summed E-state index contributed by atoms with van der Waals surface area (Å²) in [5.74, 6) is 0.0719. The van der Waals surface area contributed by atoms with Gasteiger partial charge in [0.05, 0.1) is 11.5 Å². The molecule has 6 heteroatoms. The van der Waals surface area contributed by atoms with Crippen molar-refractivity contribution < 1.29 is 13.2 Å². The number of carbonyl (C=O) groups is 1. The summed E-state index contributed by atoms with van der Waals surface area (Å²) in [5.41, 5.74) is 0.925. The van der Waals surface area contributed by atoms with E-state index in [0.29, 0.717) is 6.42 Å². The number of nitrogens with zero attached hydrogens (tertiary/aromatic N) is 1. The molecule has 4 nitrogen and oxygen atoms in total. The number of rotatable bonds is 3. The third kappa shape index (κ3) is 3.93. The summed E-state index contributed by atoms with van der Waals surface area (Å²) in [5, 5.41) is 0. The van der Waals surface area contributed by atoms with Gasteiger partial charge in [0, 0.05) is 23.6 Å². The highest BCUT2D eigenvalue weighted by molar-refractivity contribution is 9.10. The van der Waals surface area contributed by atoms with Gasteiger partial charge in [0.15, 0.2) is 9.84 Å². The van der Waals surface area contributed by atoms with Crippen LogP contribution in [0.1, 0.15) is 12.0 Å². The molecule has 20 heavy (non-hydrogen) atoms. The minimum Gasteiger partial charge on any atom is -0.338 e. The Labute approximate surface area is 127 Å². The van der Waals surface area contributed by atoms with Crippen molar-refractivity contribution >= 4 is 37.8 Å². The summed E-state index contributed by atoms with van der Waals surface area (Å²) in [6.07, 6.45) is 3.74. The maximum absolute atomic E-state index is 12.0. The van der Waals surface area contributed by atoms with Crippen LogP contribution in [0.4, 0.5) is 0 Å². The van der Waals surface area contributed by atoms with Crippen molar-refractivity contribution in [2.45, 2.75) is 12.5 Å². The van der Waals surface area contributed by atoms with Crippen LogP contribution in [-0.2, 0) is 14.6 Å². The van der Waals surface area contributed by atoms with E-state index in [1.54, 1.807) is 13.1 Å². The van der Waals surface area contributed by atoms with Gasteiger partial charge in [-0.1, -0.05) is 28.1 Å². The fourth-order valence-corrected chi connectivity index (χ4v) is 4.16. The molecule has 1 aromatic carbocycles. The molecule has 1 aromatic rings. The average molecular weight is 358 g/mol. The van der Waals surface area contributed by atoms with E-state index in [4.69, 9.17) is 0 Å². The van der Waals surface area contributed by atoms with Gasteiger partial charge in [0.25, 0.3) is 0 Å². The van der Waals surface area contributed by atoms with Crippen molar-refractivity contribution in [2.24, 2.45) is 0 Å². The second-order valence-corrected chi connectivity index (χ2v) is 8.04. The number of sulfone groups is 1. The Balaban J connectivity index is 1.99. The van der Waals surface area contributed by atoms with Gasteiger partial charge in [-0.2, -0.15) is 0 Å². The lowest BCUT2D eigenvalue weighted by molar-refractivity contribution is -0.126. The van der Waals surface area contributed by atoms with Crippen LogP contribution in [0.5, 0.6) is 0 Å². The van der Waals surface area contributed by atoms with Crippen LogP contribution in [-0.4, -0.2) is 43.8 Å². The van der Waals surface area contributed by atoms with E-state index in [1.165, 1.54) is 11.0 Å². The molecule has 1 amide bonds. The number of carbonyl (C=O) groups excluding carboxylic acids is 1. The molecule has 0 radical (unpaired) electrons. The predicted octanol–water partition coefficient (Wildman–Crippen LogP) is 2.11. The largest absolute Gasteiger partial charge is 0.338 e. The molecule has 0 N–H and O–H groups in total. The first kappa shape index (κ1) is 15.3. The number of halogens is 1. The van der Waals surface area contributed by atoms with Crippen LogP contribution >= 0.6 is 15.9 Å². The van der Waals surface area contributed by atoms with Crippen molar-refractivity contribution in [3.63, 3.8) is 0 Å². The van der Waals surface area contributed by atoms with Crippen molar-refractivity contribution in [2.75, 3.05) is 18.6 Å². The number of amides is 1. The highest BCUT2D eigenvalue weighted by Gasteiger charge is 2.31. The Bertz CT molecular complexity index is 622. The van der Waals surface area contributed by atoms with E-state index in [-0.39, 0.29) is 23.5 Å². The van der Waals surface area contributed by atoms with E-state index in [1.807, 2.05) is 24.3 Å². The normalized spacial score (nSPS) is 21.2. The summed E-state index contributed by atoms with van der Waals surface area (Å²) in [6.45, 7) is 0. The zero-order valence-corrected chi connectivity index (χ0v) is 13.5. The number of likely N-dealkylation sites (N-methyl/N-ethyl adjacent to an activating group) is 1. The van der Waals surface area contributed by atoms with Gasteiger partial charge in [-0.25, -0.2) is 8.42 Å². The lowest BCUT2D eigenvalue weighted by atomic mass is 10.2. The van der Waals surface area contributed by atoms with Gasteiger partial charge in [-0.15, -0.1) is 0 Å². The number of benzene rings is 1. The molecule has 1 fully saturated rings. The van der Waals surface area contributed by atoms with E-state index < -0.39 is 9.84 Å². The minimum atomic E-state index is -2.97. The van der Waals surface area contributed by atoms with Crippen molar-refractivity contribution in [1.82, 2.24) is 4.90 Å². The van der Waals surface area contributed by atoms with Gasteiger partial charge in [-0.05, 0) is 30.2 Å². The minimum absolute atomic E-state index is 0.0708. The summed E-state index contributed by atoms with van der Waals surface area (Å²) in [6, 6.07) is 7.39. The number of hydrogen-bond acceptors (Lipinski definition) is 3. The Kier molecular flexibility index (Phi) is 4.65. The molecule has 2 rings (SSSR count). The fourth-order valence-electron chi connectivity index (χ4n) is 2.12. The van der Waals surface area contributed by atoms with E-state index >= 15 is 0 Å². The Morgan fingerprint density at radius 3 is 2.55 bits per heavy atom. The molecule has 1 saturated heterocycles. The van der Waals surface area contributed by atoms with Gasteiger partial charge < -0.3 is 4.90 Å². The Morgan fingerprint density at radius 1 is 1.35 bits per heavy atom. The van der Waals surface area contributed by atoms with E-state index in [0.717, 1.165) is 10.0 Å². The van der Waals surface area contributed by atoms with Gasteiger partial charge in [-0.3, -0.25) is 4.79 Å². The quantitative estimate of drug-likeness (QED) is 0.778. The molecular formula is C14H16BrNO3S. The zero-order valence-electron chi connectivity index (χ0n) is 11.1. The Morgan fingerprint density at radius 2 is 2.00 bits per heavy atom. The smallest absolute Gasteiger partial charge is 0.246 e. The van der Waals surface area contributed by atoms with E-state index in [9.17, 15) is 13.2 Å². The molecule has 108 valence electrons. The molecule has 1 aliphatic rings. The lowest BCUT2D eigenvalue weighted by Crippen LogP contribution is -2.36. The second kappa shape index (κ2) is 6.10. The fraction of sp³-hybridized carbons (Fsp3) is 0.357. The van der Waals surface area contributed by atoms with Gasteiger partial charge in [0.2, 0.25) is 5.91 Å². The molecule has 0 bridgehead atoms. The molecule has 0 aromatic heterocycles. The van der Waals surface area contributed by atoms with Crippen LogP contribution in [0, 0.1) is 0 Å². The lowest BCUT2D eigenvalue weighted by Gasteiger charge is -2.21. The summed E-state index contributed by atoms with van der Waals surface area (Å²) < 4.78 is 23.8. The van der Waals surface area contributed by atoms with Gasteiger partial charge in [0.1, 0.15) is 0 Å². The molecule has 0 aliphatic carbocycles. The topological polar surface area (TPSA) is 54.5 Å². The molecule has 1 unspecified atom stereocenters. The SMILES string of the molecule is CN(C(=O)/C=C/c1ccc(Br)cc1)C1CCS(=O)(=O)C1. The highest BCUT2D eigenvalue weighted by atomic mass is 79.9. The first-order valence-electron chi connectivity index (χ1n) is 6.28. The van der Waals surface area contributed by atoms with E-state index in [2.05, 4.69) is 15.9 Å². The third-order valence-electron chi connectivity index (χ3n) is 3.39. The molecule has 0 saturated carbocycles. The highest BCUT2D eigenvalue weighted by Crippen LogP contribution is 2.17. The average Bonchev–Trinajstić information content (AvgIpc) is 2.77. The summed E-state index contributed by atoms with van der Waals surface area (Å²) >= 11 is 3.35. The predicted molar refractivity (Wildman–Crippen MR) is 83.0 cm³/mol. The van der Waals surface area contributed by atoms with Crippen LogP contribution in [0.15, 0.2) is 34.8 Å². The molecule has 0 spiro atoms. The van der Waals surface area contributed by atoms with Crippen molar-refractivity contribution in [1.29, 1.82) is 0 Å². The first-order chi connectivity index (χ1) is 9.37. The monoisotopic (exact) mass is 357 g/mol. The molecule has 1 aliphatic heterocycles. The van der Waals surface area contributed by atoms with Crippen LogP contribution in [0.3, 0.4) is 0 Å². The van der Waals surface area contributed by atoms with Crippen LogP contribution < -0.4 is 0 Å².